The zero-order valence-electron chi connectivity index (χ0n) is 17.6. The molecule has 2 amide bonds. The number of nitrogens with zero attached hydrogens (tertiary/aromatic N) is 4. The number of nitrogens with one attached hydrogen (secondary N) is 1. The fraction of sp³-hybridized carbons (Fsp3) is 0.217. The number of anilines is 2. The molecule has 4 aromatic rings. The first-order chi connectivity index (χ1) is 15.5. The molecule has 5 rings (SSSR count). The molecule has 1 fully saturated rings. The Kier molecular flexibility index (Phi) is 5.10. The van der Waals surface area contributed by atoms with E-state index >= 15 is 0 Å². The molecule has 0 aliphatic carbocycles. The molecule has 1 saturated heterocycles. The van der Waals surface area contributed by atoms with Gasteiger partial charge in [-0.25, -0.2) is 4.52 Å². The molecule has 1 N–H and O–H groups in total. The van der Waals surface area contributed by atoms with Gasteiger partial charge in [-0.05, 0) is 31.2 Å². The zero-order valence-corrected chi connectivity index (χ0v) is 18.4. The number of thiazole rings is 1. The van der Waals surface area contributed by atoms with Crippen molar-refractivity contribution in [2.24, 2.45) is 5.92 Å². The highest BCUT2D eigenvalue weighted by molar-refractivity contribution is 7.15. The molecule has 1 atom stereocenters. The van der Waals surface area contributed by atoms with Crippen molar-refractivity contribution in [3.63, 3.8) is 0 Å². The van der Waals surface area contributed by atoms with E-state index < -0.39 is 5.92 Å². The number of carbonyl (C=O) groups is 2. The second-order valence-electron chi connectivity index (χ2n) is 7.68. The summed E-state index contributed by atoms with van der Waals surface area (Å²) in [7, 11) is 1.62. The largest absolute Gasteiger partial charge is 0.496 e. The lowest BCUT2D eigenvalue weighted by atomic mass is 10.1. The minimum Gasteiger partial charge on any atom is -0.496 e. The molecular weight excluding hydrogens is 426 g/mol. The molecule has 8 nitrogen and oxygen atoms in total. The summed E-state index contributed by atoms with van der Waals surface area (Å²) in [6, 6.07) is 15.4. The van der Waals surface area contributed by atoms with Gasteiger partial charge in [0.15, 0.2) is 0 Å². The van der Waals surface area contributed by atoms with Crippen LogP contribution in [0.5, 0.6) is 5.75 Å². The fourth-order valence-electron chi connectivity index (χ4n) is 3.85. The molecule has 0 radical (unpaired) electrons. The SMILES string of the molecule is COc1ccccc1-c1csc2nc(NC(=O)C3CC(=O)N(c4ccc(C)cc4)C3)nn12. The van der Waals surface area contributed by atoms with Gasteiger partial charge >= 0.3 is 0 Å². The number of hydrogen-bond donors (Lipinski definition) is 1. The van der Waals surface area contributed by atoms with Gasteiger partial charge in [0.05, 0.1) is 18.7 Å². The van der Waals surface area contributed by atoms with Crippen LogP contribution >= 0.6 is 11.3 Å². The number of aryl methyl sites for hydroxylation is 1. The maximum absolute atomic E-state index is 12.8. The van der Waals surface area contributed by atoms with Crippen LogP contribution in [0.15, 0.2) is 53.9 Å². The average Bonchev–Trinajstić information content (AvgIpc) is 3.48. The first-order valence-corrected chi connectivity index (χ1v) is 11.1. The summed E-state index contributed by atoms with van der Waals surface area (Å²) in [5.74, 6) is 0.170. The Morgan fingerprint density at radius 3 is 2.75 bits per heavy atom. The molecule has 2 aromatic heterocycles. The Balaban J connectivity index is 1.34. The number of fused-ring (bicyclic) bond motifs is 1. The first-order valence-electron chi connectivity index (χ1n) is 10.2. The Hall–Kier alpha value is -3.72. The van der Waals surface area contributed by atoms with Gasteiger partial charge in [0.1, 0.15) is 5.75 Å². The van der Waals surface area contributed by atoms with E-state index in [0.717, 1.165) is 28.3 Å². The predicted octanol–water partition coefficient (Wildman–Crippen LogP) is 3.77. The molecule has 1 unspecified atom stereocenters. The summed E-state index contributed by atoms with van der Waals surface area (Å²) in [6.07, 6.45) is 0.161. The molecule has 0 saturated carbocycles. The highest BCUT2D eigenvalue weighted by Crippen LogP contribution is 2.33. The molecule has 32 heavy (non-hydrogen) atoms. The Labute approximate surface area is 188 Å². The van der Waals surface area contributed by atoms with E-state index in [2.05, 4.69) is 15.4 Å². The third kappa shape index (κ3) is 3.60. The van der Waals surface area contributed by atoms with E-state index in [-0.39, 0.29) is 24.2 Å². The minimum atomic E-state index is -0.459. The van der Waals surface area contributed by atoms with Crippen molar-refractivity contribution in [1.29, 1.82) is 0 Å². The van der Waals surface area contributed by atoms with Crippen molar-refractivity contribution < 1.29 is 14.3 Å². The summed E-state index contributed by atoms with van der Waals surface area (Å²) in [5, 5.41) is 9.21. The van der Waals surface area contributed by atoms with Gasteiger partial charge in [0, 0.05) is 29.6 Å². The van der Waals surface area contributed by atoms with Gasteiger partial charge in [0.2, 0.25) is 22.7 Å². The lowest BCUT2D eigenvalue weighted by Crippen LogP contribution is -2.28. The highest BCUT2D eigenvalue weighted by Gasteiger charge is 2.35. The minimum absolute atomic E-state index is 0.0637. The van der Waals surface area contributed by atoms with Gasteiger partial charge in [0.25, 0.3) is 0 Å². The quantitative estimate of drug-likeness (QED) is 0.503. The summed E-state index contributed by atoms with van der Waals surface area (Å²) in [5.41, 5.74) is 3.64. The van der Waals surface area contributed by atoms with Crippen LogP contribution in [-0.4, -0.2) is 40.1 Å². The smallest absolute Gasteiger partial charge is 0.250 e. The number of amides is 2. The molecule has 0 spiro atoms. The van der Waals surface area contributed by atoms with Crippen LogP contribution in [-0.2, 0) is 9.59 Å². The molecule has 162 valence electrons. The van der Waals surface area contributed by atoms with E-state index in [1.165, 1.54) is 11.3 Å². The van der Waals surface area contributed by atoms with Crippen molar-refractivity contribution >= 4 is 39.7 Å². The maximum Gasteiger partial charge on any atom is 0.250 e. The Morgan fingerprint density at radius 2 is 1.97 bits per heavy atom. The van der Waals surface area contributed by atoms with Crippen molar-refractivity contribution in [1.82, 2.24) is 14.6 Å². The van der Waals surface area contributed by atoms with Crippen LogP contribution < -0.4 is 15.0 Å². The molecule has 9 heteroatoms. The lowest BCUT2D eigenvalue weighted by molar-refractivity contribution is -0.122. The summed E-state index contributed by atoms with van der Waals surface area (Å²) >= 11 is 1.43. The number of rotatable bonds is 5. The molecule has 3 heterocycles. The van der Waals surface area contributed by atoms with E-state index in [4.69, 9.17) is 4.74 Å². The fourth-order valence-corrected chi connectivity index (χ4v) is 4.67. The van der Waals surface area contributed by atoms with Crippen molar-refractivity contribution in [3.05, 3.63) is 59.5 Å². The third-order valence-electron chi connectivity index (χ3n) is 5.54. The number of para-hydroxylation sites is 1. The molecule has 0 bridgehead atoms. The molecule has 2 aromatic carbocycles. The van der Waals surface area contributed by atoms with Gasteiger partial charge < -0.3 is 9.64 Å². The van der Waals surface area contributed by atoms with Crippen molar-refractivity contribution in [2.75, 3.05) is 23.9 Å². The topological polar surface area (TPSA) is 88.8 Å². The summed E-state index contributed by atoms with van der Waals surface area (Å²) < 4.78 is 7.15. The monoisotopic (exact) mass is 447 g/mol. The number of ether oxygens (including phenoxy) is 1. The van der Waals surface area contributed by atoms with Crippen molar-refractivity contribution in [3.8, 4) is 17.0 Å². The van der Waals surface area contributed by atoms with Crippen LogP contribution in [0.3, 0.4) is 0 Å². The number of methoxy groups -OCH3 is 1. The van der Waals surface area contributed by atoms with E-state index in [9.17, 15) is 9.59 Å². The molecular formula is C23H21N5O3S. The van der Waals surface area contributed by atoms with E-state index in [1.807, 2.05) is 60.8 Å². The van der Waals surface area contributed by atoms with Gasteiger partial charge in [-0.1, -0.05) is 29.8 Å². The number of carbonyl (C=O) groups excluding carboxylic acids is 2. The third-order valence-corrected chi connectivity index (χ3v) is 6.36. The Bertz CT molecular complexity index is 1310. The Morgan fingerprint density at radius 1 is 1.19 bits per heavy atom. The number of benzene rings is 2. The second kappa shape index (κ2) is 8.08. The van der Waals surface area contributed by atoms with Gasteiger partial charge in [-0.3, -0.25) is 14.9 Å². The van der Waals surface area contributed by atoms with Crippen LogP contribution in [0.2, 0.25) is 0 Å². The summed E-state index contributed by atoms with van der Waals surface area (Å²) in [6.45, 7) is 2.33. The molecule has 1 aliphatic heterocycles. The maximum atomic E-state index is 12.8. The van der Waals surface area contributed by atoms with Crippen LogP contribution in [0.25, 0.3) is 16.2 Å². The number of aromatic nitrogens is 3. The second-order valence-corrected chi connectivity index (χ2v) is 8.52. The standard InChI is InChI=1S/C23H21N5O3S/c1-14-7-9-16(10-8-14)27-12-15(11-20(27)29)21(30)24-22-25-23-28(26-22)18(13-32-23)17-5-3-4-6-19(17)31-2/h3-10,13,15H,11-12H2,1-2H3,(H,24,26,30). The van der Waals surface area contributed by atoms with Crippen molar-refractivity contribution in [2.45, 2.75) is 13.3 Å². The van der Waals surface area contributed by atoms with E-state index in [0.29, 0.717) is 11.5 Å². The van der Waals surface area contributed by atoms with E-state index in [1.54, 1.807) is 16.5 Å². The van der Waals surface area contributed by atoms with Crippen LogP contribution in [0.1, 0.15) is 12.0 Å². The first kappa shape index (κ1) is 20.2. The molecule has 1 aliphatic rings. The van der Waals surface area contributed by atoms with Gasteiger partial charge in [-0.2, -0.15) is 4.98 Å². The van der Waals surface area contributed by atoms with Gasteiger partial charge in [-0.15, -0.1) is 16.4 Å². The number of hydrogen-bond acceptors (Lipinski definition) is 6. The summed E-state index contributed by atoms with van der Waals surface area (Å²) in [4.78, 5) is 32.1. The zero-order chi connectivity index (χ0) is 22.2. The predicted molar refractivity (Wildman–Crippen MR) is 123 cm³/mol. The lowest BCUT2D eigenvalue weighted by Gasteiger charge is -2.16. The highest BCUT2D eigenvalue weighted by atomic mass is 32.1. The van der Waals surface area contributed by atoms with Crippen LogP contribution in [0, 0.1) is 12.8 Å². The average molecular weight is 448 g/mol. The normalized spacial score (nSPS) is 16.0. The van der Waals surface area contributed by atoms with Crippen LogP contribution in [0.4, 0.5) is 11.6 Å².